The number of carbonyl (C=O) groups is 1. The quantitative estimate of drug-likeness (QED) is 0.647. The van der Waals surface area contributed by atoms with Crippen LogP contribution in [0.3, 0.4) is 0 Å². The minimum atomic E-state index is -1.15. The minimum Gasteiger partial charge on any atom is -0.478 e. The second-order valence-electron chi connectivity index (χ2n) is 3.36. The van der Waals surface area contributed by atoms with Crippen molar-refractivity contribution in [2.45, 2.75) is 12.8 Å². The smallest absolute Gasteiger partial charge is 0.335 e. The number of aliphatic hydroxyl groups excluding tert-OH is 1. The first-order valence-corrected chi connectivity index (χ1v) is 5.02. The van der Waals surface area contributed by atoms with Crippen molar-refractivity contribution in [3.63, 3.8) is 0 Å². The van der Waals surface area contributed by atoms with Crippen molar-refractivity contribution in [3.8, 4) is 0 Å². The lowest BCUT2D eigenvalue weighted by Crippen LogP contribution is -2.05. The molecule has 0 saturated carbocycles. The van der Waals surface area contributed by atoms with Crippen LogP contribution in [0.4, 0.5) is 10.1 Å². The fourth-order valence-corrected chi connectivity index (χ4v) is 1.25. The van der Waals surface area contributed by atoms with Gasteiger partial charge in [-0.1, -0.05) is 0 Å². The highest BCUT2D eigenvalue weighted by molar-refractivity contribution is 5.88. The summed E-state index contributed by atoms with van der Waals surface area (Å²) >= 11 is 0. The Kier molecular flexibility index (Phi) is 4.72. The zero-order valence-electron chi connectivity index (χ0n) is 8.74. The SMILES string of the molecule is O=C(O)c1ccc(NCCCCO)c(F)c1. The summed E-state index contributed by atoms with van der Waals surface area (Å²) < 4.78 is 13.3. The molecule has 3 N–H and O–H groups in total. The summed E-state index contributed by atoms with van der Waals surface area (Å²) in [6, 6.07) is 3.73. The van der Waals surface area contributed by atoms with Crippen LogP contribution in [0.1, 0.15) is 23.2 Å². The van der Waals surface area contributed by atoms with Crippen LogP contribution in [0.25, 0.3) is 0 Å². The van der Waals surface area contributed by atoms with Gasteiger partial charge >= 0.3 is 5.97 Å². The summed E-state index contributed by atoms with van der Waals surface area (Å²) in [4.78, 5) is 10.5. The maximum absolute atomic E-state index is 13.3. The van der Waals surface area contributed by atoms with Gasteiger partial charge in [-0.3, -0.25) is 0 Å². The van der Waals surface area contributed by atoms with Crippen molar-refractivity contribution < 1.29 is 19.4 Å². The Morgan fingerprint density at radius 3 is 2.69 bits per heavy atom. The third kappa shape index (κ3) is 3.51. The number of halogens is 1. The summed E-state index contributed by atoms with van der Waals surface area (Å²) in [7, 11) is 0. The molecular formula is C11H14FNO3. The number of benzene rings is 1. The predicted octanol–water partition coefficient (Wildman–Crippen LogP) is 1.71. The number of nitrogens with one attached hydrogen (secondary N) is 1. The van der Waals surface area contributed by atoms with Gasteiger partial charge in [0.15, 0.2) is 0 Å². The van der Waals surface area contributed by atoms with Crippen LogP contribution in [-0.4, -0.2) is 29.3 Å². The lowest BCUT2D eigenvalue weighted by Gasteiger charge is -2.07. The average Bonchev–Trinajstić information content (AvgIpc) is 2.26. The van der Waals surface area contributed by atoms with Gasteiger partial charge in [-0.15, -0.1) is 0 Å². The summed E-state index contributed by atoms with van der Waals surface area (Å²) in [5, 5.41) is 20.0. The van der Waals surface area contributed by atoms with Crippen molar-refractivity contribution in [3.05, 3.63) is 29.6 Å². The Morgan fingerprint density at radius 1 is 1.38 bits per heavy atom. The minimum absolute atomic E-state index is 0.0709. The number of carboxylic acids is 1. The standard InChI is InChI=1S/C11H14FNO3/c12-9-7-8(11(15)16)3-4-10(9)13-5-1-2-6-14/h3-4,7,13-14H,1-2,5-6H2,(H,15,16). The molecule has 5 heteroatoms. The van der Waals surface area contributed by atoms with Gasteiger partial charge in [-0.25, -0.2) is 9.18 Å². The van der Waals surface area contributed by atoms with E-state index in [2.05, 4.69) is 5.32 Å². The lowest BCUT2D eigenvalue weighted by molar-refractivity contribution is 0.0696. The zero-order chi connectivity index (χ0) is 12.0. The largest absolute Gasteiger partial charge is 0.478 e. The van der Waals surface area contributed by atoms with E-state index in [0.717, 1.165) is 12.5 Å². The number of unbranched alkanes of at least 4 members (excludes halogenated alkanes) is 1. The highest BCUT2D eigenvalue weighted by Gasteiger charge is 2.07. The highest BCUT2D eigenvalue weighted by atomic mass is 19.1. The zero-order valence-corrected chi connectivity index (χ0v) is 8.74. The molecule has 1 aromatic rings. The van der Waals surface area contributed by atoms with Gasteiger partial charge < -0.3 is 15.5 Å². The molecule has 0 bridgehead atoms. The third-order valence-corrected chi connectivity index (χ3v) is 2.12. The van der Waals surface area contributed by atoms with E-state index in [4.69, 9.17) is 10.2 Å². The molecule has 0 aliphatic rings. The summed E-state index contributed by atoms with van der Waals surface area (Å²) in [5.74, 6) is -1.73. The molecule has 0 saturated heterocycles. The van der Waals surface area contributed by atoms with Gasteiger partial charge in [0, 0.05) is 13.2 Å². The highest BCUT2D eigenvalue weighted by Crippen LogP contribution is 2.15. The second kappa shape index (κ2) is 6.07. The fourth-order valence-electron chi connectivity index (χ4n) is 1.25. The molecule has 1 aromatic carbocycles. The number of rotatable bonds is 6. The fraction of sp³-hybridized carbons (Fsp3) is 0.364. The van der Waals surface area contributed by atoms with Crippen molar-refractivity contribution in [2.24, 2.45) is 0 Å². The average molecular weight is 227 g/mol. The molecule has 0 aromatic heterocycles. The molecule has 0 spiro atoms. The molecule has 1 rings (SSSR count). The van der Waals surface area contributed by atoms with Crippen molar-refractivity contribution >= 4 is 11.7 Å². The second-order valence-corrected chi connectivity index (χ2v) is 3.36. The van der Waals surface area contributed by atoms with Gasteiger partial charge in [-0.05, 0) is 31.0 Å². The summed E-state index contributed by atoms with van der Waals surface area (Å²) in [5.41, 5.74) is 0.210. The van der Waals surface area contributed by atoms with E-state index in [1.807, 2.05) is 0 Å². The van der Waals surface area contributed by atoms with Gasteiger partial charge in [-0.2, -0.15) is 0 Å². The van der Waals surface area contributed by atoms with Crippen molar-refractivity contribution in [2.75, 3.05) is 18.5 Å². The molecule has 0 unspecified atom stereocenters. The topological polar surface area (TPSA) is 69.6 Å². The molecule has 0 fully saturated rings. The maximum Gasteiger partial charge on any atom is 0.335 e. The molecule has 16 heavy (non-hydrogen) atoms. The first-order chi connectivity index (χ1) is 7.65. The molecule has 0 aliphatic heterocycles. The monoisotopic (exact) mass is 227 g/mol. The molecule has 0 heterocycles. The van der Waals surface area contributed by atoms with Gasteiger partial charge in [0.2, 0.25) is 0 Å². The van der Waals surface area contributed by atoms with Crippen LogP contribution in [0, 0.1) is 5.82 Å². The Balaban J connectivity index is 2.57. The van der Waals surface area contributed by atoms with E-state index in [1.165, 1.54) is 12.1 Å². The van der Waals surface area contributed by atoms with E-state index in [-0.39, 0.29) is 17.9 Å². The van der Waals surface area contributed by atoms with Gasteiger partial charge in [0.25, 0.3) is 0 Å². The van der Waals surface area contributed by atoms with Crippen LogP contribution in [0.15, 0.2) is 18.2 Å². The van der Waals surface area contributed by atoms with Crippen molar-refractivity contribution in [1.82, 2.24) is 0 Å². The van der Waals surface area contributed by atoms with E-state index in [0.29, 0.717) is 13.0 Å². The van der Waals surface area contributed by atoms with Crippen LogP contribution in [0.5, 0.6) is 0 Å². The van der Waals surface area contributed by atoms with Gasteiger partial charge in [0.05, 0.1) is 11.3 Å². The Morgan fingerprint density at radius 2 is 2.12 bits per heavy atom. The number of anilines is 1. The van der Waals surface area contributed by atoms with E-state index in [1.54, 1.807) is 0 Å². The van der Waals surface area contributed by atoms with Gasteiger partial charge in [0.1, 0.15) is 5.82 Å². The van der Waals surface area contributed by atoms with Crippen LogP contribution in [-0.2, 0) is 0 Å². The Labute approximate surface area is 92.7 Å². The maximum atomic E-state index is 13.3. The van der Waals surface area contributed by atoms with E-state index < -0.39 is 11.8 Å². The number of aromatic carboxylic acids is 1. The van der Waals surface area contributed by atoms with E-state index >= 15 is 0 Å². The third-order valence-electron chi connectivity index (χ3n) is 2.12. The summed E-state index contributed by atoms with van der Waals surface area (Å²) in [6.07, 6.45) is 1.39. The lowest BCUT2D eigenvalue weighted by atomic mass is 10.2. The van der Waals surface area contributed by atoms with E-state index in [9.17, 15) is 9.18 Å². The van der Waals surface area contributed by atoms with Crippen LogP contribution in [0.2, 0.25) is 0 Å². The Bertz CT molecular complexity index is 368. The molecule has 0 aliphatic carbocycles. The molecule has 0 radical (unpaired) electrons. The van der Waals surface area contributed by atoms with Crippen molar-refractivity contribution in [1.29, 1.82) is 0 Å². The molecule has 4 nitrogen and oxygen atoms in total. The predicted molar refractivity (Wildman–Crippen MR) is 58.2 cm³/mol. The first kappa shape index (κ1) is 12.4. The number of carboxylic acid groups (broad SMARTS) is 1. The normalized spacial score (nSPS) is 10.1. The molecule has 88 valence electrons. The van der Waals surface area contributed by atoms with Crippen LogP contribution >= 0.6 is 0 Å². The number of aliphatic hydroxyl groups is 1. The Hall–Kier alpha value is -1.62. The number of hydrogen-bond acceptors (Lipinski definition) is 3. The molecule has 0 atom stereocenters. The summed E-state index contributed by atoms with van der Waals surface area (Å²) in [6.45, 7) is 0.659. The molecular weight excluding hydrogens is 213 g/mol. The number of hydrogen-bond donors (Lipinski definition) is 3. The first-order valence-electron chi connectivity index (χ1n) is 5.02. The molecule has 0 amide bonds. The van der Waals surface area contributed by atoms with Crippen LogP contribution < -0.4 is 5.32 Å².